The zero-order valence-electron chi connectivity index (χ0n) is 20.8. The van der Waals surface area contributed by atoms with E-state index in [1.165, 1.54) is 11.8 Å². The van der Waals surface area contributed by atoms with Gasteiger partial charge in [-0.15, -0.1) is 0 Å². The van der Waals surface area contributed by atoms with Crippen molar-refractivity contribution in [3.63, 3.8) is 0 Å². The topological polar surface area (TPSA) is 95.9 Å². The normalized spacial score (nSPS) is 16.6. The van der Waals surface area contributed by atoms with Crippen molar-refractivity contribution in [2.24, 2.45) is 5.41 Å². The molecular formula is C28H34N2O5. The third-order valence-electron chi connectivity index (χ3n) is 7.06. The number of carboxylic acids is 1. The smallest absolute Gasteiger partial charge is 0.407 e. The second-order valence-electron chi connectivity index (χ2n) is 10.6. The minimum Gasteiger partial charge on any atom is -0.480 e. The first-order chi connectivity index (χ1) is 16.6. The van der Waals surface area contributed by atoms with Crippen molar-refractivity contribution < 1.29 is 24.2 Å². The summed E-state index contributed by atoms with van der Waals surface area (Å²) in [6, 6.07) is 14.8. The van der Waals surface area contributed by atoms with Crippen molar-refractivity contribution in [3.8, 4) is 11.1 Å². The molecule has 2 aliphatic rings. The van der Waals surface area contributed by atoms with E-state index in [-0.39, 0.29) is 30.9 Å². The molecule has 2 aromatic carbocycles. The maximum absolute atomic E-state index is 13.1. The maximum atomic E-state index is 13.1. The lowest BCUT2D eigenvalue weighted by Crippen LogP contribution is -2.51. The molecule has 2 aliphatic carbocycles. The van der Waals surface area contributed by atoms with E-state index in [0.29, 0.717) is 0 Å². The molecule has 0 spiro atoms. The quantitative estimate of drug-likeness (QED) is 0.569. The summed E-state index contributed by atoms with van der Waals surface area (Å²) < 4.78 is 5.68. The molecule has 1 fully saturated rings. The van der Waals surface area contributed by atoms with Crippen LogP contribution in [0.3, 0.4) is 0 Å². The second-order valence-corrected chi connectivity index (χ2v) is 10.6. The molecule has 2 atom stereocenters. The number of carbonyl (C=O) groups excluding carboxylic acids is 2. The summed E-state index contributed by atoms with van der Waals surface area (Å²) in [6.07, 6.45) is 1.05. The highest BCUT2D eigenvalue weighted by Crippen LogP contribution is 2.44. The first kappa shape index (κ1) is 24.8. The average molecular weight is 479 g/mol. The number of rotatable bonds is 8. The van der Waals surface area contributed by atoms with E-state index in [9.17, 15) is 19.5 Å². The van der Waals surface area contributed by atoms with Gasteiger partial charge in [-0.1, -0.05) is 69.3 Å². The van der Waals surface area contributed by atoms with Crippen molar-refractivity contribution in [2.45, 2.75) is 71.0 Å². The highest BCUT2D eigenvalue weighted by atomic mass is 16.5. The van der Waals surface area contributed by atoms with Gasteiger partial charge in [-0.2, -0.15) is 0 Å². The number of aliphatic carboxylic acids is 1. The molecule has 2 unspecified atom stereocenters. The third-order valence-corrected chi connectivity index (χ3v) is 7.06. The van der Waals surface area contributed by atoms with Gasteiger partial charge in [0.1, 0.15) is 12.6 Å². The summed E-state index contributed by atoms with van der Waals surface area (Å²) >= 11 is 0. The van der Waals surface area contributed by atoms with Gasteiger partial charge in [-0.3, -0.25) is 4.79 Å². The first-order valence-electron chi connectivity index (χ1n) is 12.2. The fraction of sp³-hybridized carbons (Fsp3) is 0.464. The molecule has 4 rings (SSSR count). The van der Waals surface area contributed by atoms with Crippen molar-refractivity contribution in [3.05, 3.63) is 59.7 Å². The van der Waals surface area contributed by atoms with Crippen LogP contribution in [0.4, 0.5) is 4.79 Å². The van der Waals surface area contributed by atoms with Crippen LogP contribution in [0.5, 0.6) is 0 Å². The van der Waals surface area contributed by atoms with Gasteiger partial charge >= 0.3 is 12.1 Å². The largest absolute Gasteiger partial charge is 0.480 e. The van der Waals surface area contributed by atoms with Crippen molar-refractivity contribution >= 4 is 18.0 Å². The number of benzene rings is 2. The molecule has 0 aromatic heterocycles. The minimum atomic E-state index is -1.03. The highest BCUT2D eigenvalue weighted by Gasteiger charge is 2.40. The molecule has 0 bridgehead atoms. The lowest BCUT2D eigenvalue weighted by atomic mass is 9.84. The molecule has 1 saturated carbocycles. The monoisotopic (exact) mass is 478 g/mol. The van der Waals surface area contributed by atoms with Crippen LogP contribution in [0.15, 0.2) is 48.5 Å². The Morgan fingerprint density at radius 2 is 1.57 bits per heavy atom. The van der Waals surface area contributed by atoms with E-state index >= 15 is 0 Å². The summed E-state index contributed by atoms with van der Waals surface area (Å²) in [5.74, 6) is -1.34. The van der Waals surface area contributed by atoms with Gasteiger partial charge in [0.2, 0.25) is 5.91 Å². The Morgan fingerprint density at radius 3 is 2.06 bits per heavy atom. The number of carbonyl (C=O) groups is 3. The molecule has 2 aromatic rings. The molecule has 7 heteroatoms. The van der Waals surface area contributed by atoms with Crippen molar-refractivity contribution in [1.29, 1.82) is 0 Å². The molecule has 0 heterocycles. The molecule has 0 aliphatic heterocycles. The molecule has 0 saturated heterocycles. The van der Waals surface area contributed by atoms with E-state index < -0.39 is 29.6 Å². The van der Waals surface area contributed by atoms with Crippen LogP contribution in [-0.4, -0.2) is 52.7 Å². The van der Waals surface area contributed by atoms with Crippen molar-refractivity contribution in [2.75, 3.05) is 6.61 Å². The maximum Gasteiger partial charge on any atom is 0.407 e. The van der Waals surface area contributed by atoms with Crippen LogP contribution < -0.4 is 5.32 Å². The zero-order valence-corrected chi connectivity index (χ0v) is 20.8. The predicted octanol–water partition coefficient (Wildman–Crippen LogP) is 4.79. The number of hydrogen-bond acceptors (Lipinski definition) is 4. The number of ether oxygens (including phenoxy) is 1. The SMILES string of the molecule is CC(C(=O)O)N(C(=O)CC(NC(=O)OCC1c2ccccc2-c2ccccc21)C(C)(C)C)C1CC1. The number of nitrogens with zero attached hydrogens (tertiary/aromatic N) is 1. The van der Waals surface area contributed by atoms with Gasteiger partial charge in [-0.25, -0.2) is 9.59 Å². The molecule has 186 valence electrons. The Bertz CT molecular complexity index is 1070. The van der Waals surface area contributed by atoms with Crippen LogP contribution in [0.1, 0.15) is 64.0 Å². The zero-order chi connectivity index (χ0) is 25.3. The van der Waals surface area contributed by atoms with Crippen LogP contribution in [0, 0.1) is 5.41 Å². The Hall–Kier alpha value is -3.35. The summed E-state index contributed by atoms with van der Waals surface area (Å²) in [6.45, 7) is 7.54. The van der Waals surface area contributed by atoms with E-state index in [1.54, 1.807) is 0 Å². The number of fused-ring (bicyclic) bond motifs is 3. The summed E-state index contributed by atoms with van der Waals surface area (Å²) in [7, 11) is 0. The van der Waals surface area contributed by atoms with Crippen LogP contribution in [-0.2, 0) is 14.3 Å². The van der Waals surface area contributed by atoms with Crippen LogP contribution >= 0.6 is 0 Å². The van der Waals surface area contributed by atoms with E-state index in [4.69, 9.17) is 4.74 Å². The number of nitrogens with one attached hydrogen (secondary N) is 1. The van der Waals surface area contributed by atoms with Gasteiger partial charge in [-0.05, 0) is 47.4 Å². The van der Waals surface area contributed by atoms with Gasteiger partial charge < -0.3 is 20.1 Å². The predicted molar refractivity (Wildman–Crippen MR) is 133 cm³/mol. The van der Waals surface area contributed by atoms with Crippen molar-refractivity contribution in [1.82, 2.24) is 10.2 Å². The number of carboxylic acid groups (broad SMARTS) is 1. The molecular weight excluding hydrogens is 444 g/mol. The van der Waals surface area contributed by atoms with Crippen LogP contribution in [0.2, 0.25) is 0 Å². The van der Waals surface area contributed by atoms with Gasteiger partial charge in [0, 0.05) is 24.4 Å². The van der Waals surface area contributed by atoms with Gasteiger partial charge in [0.05, 0.1) is 0 Å². The van der Waals surface area contributed by atoms with Gasteiger partial charge in [0.25, 0.3) is 0 Å². The first-order valence-corrected chi connectivity index (χ1v) is 12.2. The number of alkyl carbamates (subject to hydrolysis) is 1. The lowest BCUT2D eigenvalue weighted by molar-refractivity contribution is -0.150. The molecule has 2 N–H and O–H groups in total. The lowest BCUT2D eigenvalue weighted by Gasteiger charge is -2.34. The summed E-state index contributed by atoms with van der Waals surface area (Å²) in [5.41, 5.74) is 4.15. The third kappa shape index (κ3) is 5.34. The van der Waals surface area contributed by atoms with Gasteiger partial charge in [0.15, 0.2) is 0 Å². The summed E-state index contributed by atoms with van der Waals surface area (Å²) in [4.78, 5) is 39.0. The standard InChI is InChI=1S/C28H34N2O5/c1-17(26(32)33)30(18-13-14-18)25(31)15-24(28(2,3)4)29-27(34)35-16-23-21-11-7-5-9-19(21)20-10-6-8-12-22(20)23/h5-12,17-18,23-24H,13-16H2,1-4H3,(H,29,34)(H,32,33). The molecule has 7 nitrogen and oxygen atoms in total. The number of hydrogen-bond donors (Lipinski definition) is 2. The van der Waals surface area contributed by atoms with E-state index in [2.05, 4.69) is 29.6 Å². The minimum absolute atomic E-state index is 0.0157. The Kier molecular flexibility index (Phi) is 6.88. The second kappa shape index (κ2) is 9.72. The Balaban J connectivity index is 1.43. The fourth-order valence-corrected chi connectivity index (χ4v) is 4.84. The Morgan fingerprint density at radius 1 is 1.03 bits per heavy atom. The fourth-order valence-electron chi connectivity index (χ4n) is 4.84. The number of amides is 2. The van der Waals surface area contributed by atoms with E-state index in [0.717, 1.165) is 35.1 Å². The summed E-state index contributed by atoms with van der Waals surface area (Å²) in [5, 5.41) is 12.3. The highest BCUT2D eigenvalue weighted by molar-refractivity contribution is 5.85. The average Bonchev–Trinajstić information content (AvgIpc) is 3.58. The Labute approximate surface area is 206 Å². The van der Waals surface area contributed by atoms with Crippen LogP contribution in [0.25, 0.3) is 11.1 Å². The molecule has 2 amide bonds. The molecule has 0 radical (unpaired) electrons. The van der Waals surface area contributed by atoms with E-state index in [1.807, 2.05) is 45.0 Å². The molecule has 35 heavy (non-hydrogen) atoms.